The van der Waals surface area contributed by atoms with E-state index in [2.05, 4.69) is 20.5 Å². The third kappa shape index (κ3) is 4.95. The van der Waals surface area contributed by atoms with E-state index in [-0.39, 0.29) is 24.3 Å². The number of hydrogen-bond donors (Lipinski definition) is 2. The summed E-state index contributed by atoms with van der Waals surface area (Å²) in [5, 5.41) is 4.38. The van der Waals surface area contributed by atoms with Gasteiger partial charge in [-0.1, -0.05) is 23.7 Å². The van der Waals surface area contributed by atoms with Gasteiger partial charge in [0.25, 0.3) is 5.56 Å². The van der Waals surface area contributed by atoms with Crippen molar-refractivity contribution < 1.29 is 9.53 Å². The number of para-hydroxylation sites is 2. The lowest BCUT2D eigenvalue weighted by atomic mass is 10.2. The molecule has 0 bridgehead atoms. The second-order valence-electron chi connectivity index (χ2n) is 5.95. The van der Waals surface area contributed by atoms with Crippen LogP contribution in [-0.4, -0.2) is 28.7 Å². The van der Waals surface area contributed by atoms with E-state index in [1.165, 1.54) is 6.21 Å². The minimum Gasteiger partial charge on any atom is -0.492 e. The Kier molecular flexibility index (Phi) is 6.39. The molecule has 0 saturated heterocycles. The molecule has 3 aromatic rings. The fourth-order valence-corrected chi connectivity index (χ4v) is 2.82. The Bertz CT molecular complexity index is 1080. The van der Waals surface area contributed by atoms with Crippen molar-refractivity contribution in [3.63, 3.8) is 0 Å². The SMILES string of the molecule is CCOc1ccc(/C=N\NC(=O)CCc2nc3ccccc3[nH]c2=O)cc1Cl. The van der Waals surface area contributed by atoms with Crippen LogP contribution in [0.5, 0.6) is 5.75 Å². The smallest absolute Gasteiger partial charge is 0.270 e. The second-order valence-corrected chi connectivity index (χ2v) is 6.35. The molecule has 0 spiro atoms. The summed E-state index contributed by atoms with van der Waals surface area (Å²) < 4.78 is 5.36. The first-order chi connectivity index (χ1) is 13.6. The number of carbonyl (C=O) groups excluding carboxylic acids is 1. The highest BCUT2D eigenvalue weighted by atomic mass is 35.5. The van der Waals surface area contributed by atoms with Crippen LogP contribution < -0.4 is 15.7 Å². The lowest BCUT2D eigenvalue weighted by Crippen LogP contribution is -2.21. The molecule has 0 unspecified atom stereocenters. The zero-order chi connectivity index (χ0) is 19.9. The van der Waals surface area contributed by atoms with Crippen molar-refractivity contribution in [3.05, 3.63) is 69.1 Å². The Balaban J connectivity index is 1.56. The van der Waals surface area contributed by atoms with Crippen LogP contribution in [-0.2, 0) is 11.2 Å². The molecule has 3 rings (SSSR count). The predicted octanol–water partition coefficient (Wildman–Crippen LogP) is 3.06. The lowest BCUT2D eigenvalue weighted by Gasteiger charge is -2.05. The zero-order valence-electron chi connectivity index (χ0n) is 15.2. The highest BCUT2D eigenvalue weighted by Crippen LogP contribution is 2.24. The fourth-order valence-electron chi connectivity index (χ4n) is 2.57. The molecule has 144 valence electrons. The van der Waals surface area contributed by atoms with Crippen LogP contribution in [0.3, 0.4) is 0 Å². The number of aromatic amines is 1. The predicted molar refractivity (Wildman–Crippen MR) is 109 cm³/mol. The number of aryl methyl sites for hydroxylation is 1. The Morgan fingerprint density at radius 3 is 2.93 bits per heavy atom. The minimum atomic E-state index is -0.317. The van der Waals surface area contributed by atoms with Crippen LogP contribution >= 0.6 is 11.6 Å². The van der Waals surface area contributed by atoms with Crippen molar-refractivity contribution in [1.29, 1.82) is 0 Å². The van der Waals surface area contributed by atoms with E-state index in [0.717, 1.165) is 5.56 Å². The van der Waals surface area contributed by atoms with Crippen molar-refractivity contribution in [3.8, 4) is 5.75 Å². The number of halogens is 1. The van der Waals surface area contributed by atoms with E-state index >= 15 is 0 Å². The first-order valence-electron chi connectivity index (χ1n) is 8.79. The number of nitrogens with zero attached hydrogens (tertiary/aromatic N) is 2. The number of nitrogens with one attached hydrogen (secondary N) is 2. The lowest BCUT2D eigenvalue weighted by molar-refractivity contribution is -0.121. The van der Waals surface area contributed by atoms with Crippen molar-refractivity contribution in [1.82, 2.24) is 15.4 Å². The molecule has 0 atom stereocenters. The molecule has 0 aliphatic heterocycles. The summed E-state index contributed by atoms with van der Waals surface area (Å²) in [5.41, 5.74) is 4.53. The summed E-state index contributed by atoms with van der Waals surface area (Å²) in [6.07, 6.45) is 1.80. The quantitative estimate of drug-likeness (QED) is 0.472. The van der Waals surface area contributed by atoms with Gasteiger partial charge < -0.3 is 9.72 Å². The van der Waals surface area contributed by atoms with Gasteiger partial charge in [0.1, 0.15) is 11.4 Å². The van der Waals surface area contributed by atoms with Gasteiger partial charge in [0.2, 0.25) is 5.91 Å². The van der Waals surface area contributed by atoms with Crippen molar-refractivity contribution >= 4 is 34.8 Å². The average molecular weight is 399 g/mol. The molecule has 2 aromatic carbocycles. The summed E-state index contributed by atoms with van der Waals surface area (Å²) in [6.45, 7) is 2.40. The van der Waals surface area contributed by atoms with Gasteiger partial charge in [-0.3, -0.25) is 9.59 Å². The van der Waals surface area contributed by atoms with Gasteiger partial charge in [0, 0.05) is 12.8 Å². The highest BCUT2D eigenvalue weighted by molar-refractivity contribution is 6.32. The van der Waals surface area contributed by atoms with Crippen molar-refractivity contribution in [2.24, 2.45) is 5.10 Å². The Labute approximate surface area is 166 Å². The van der Waals surface area contributed by atoms with E-state index in [1.807, 2.05) is 19.1 Å². The molecule has 7 nitrogen and oxygen atoms in total. The number of H-pyrrole nitrogens is 1. The van der Waals surface area contributed by atoms with E-state index in [9.17, 15) is 9.59 Å². The first-order valence-corrected chi connectivity index (χ1v) is 9.17. The van der Waals surface area contributed by atoms with E-state index in [0.29, 0.717) is 34.1 Å². The molecule has 2 N–H and O–H groups in total. The number of hydrazone groups is 1. The largest absolute Gasteiger partial charge is 0.492 e. The Morgan fingerprint density at radius 2 is 2.14 bits per heavy atom. The summed E-state index contributed by atoms with van der Waals surface area (Å²) in [7, 11) is 0. The molecule has 8 heteroatoms. The number of benzene rings is 2. The van der Waals surface area contributed by atoms with Gasteiger partial charge in [0.05, 0.1) is 28.9 Å². The van der Waals surface area contributed by atoms with Gasteiger partial charge in [-0.15, -0.1) is 0 Å². The second kappa shape index (κ2) is 9.14. The monoisotopic (exact) mass is 398 g/mol. The van der Waals surface area contributed by atoms with E-state index in [4.69, 9.17) is 16.3 Å². The molecule has 28 heavy (non-hydrogen) atoms. The Hall–Kier alpha value is -3.19. The molecule has 1 amide bonds. The van der Waals surface area contributed by atoms with E-state index in [1.54, 1.807) is 30.3 Å². The summed E-state index contributed by atoms with van der Waals surface area (Å²) >= 11 is 6.11. The Morgan fingerprint density at radius 1 is 1.32 bits per heavy atom. The van der Waals surface area contributed by atoms with Crippen LogP contribution in [0.1, 0.15) is 24.6 Å². The fraction of sp³-hybridized carbons (Fsp3) is 0.200. The highest BCUT2D eigenvalue weighted by Gasteiger charge is 2.08. The summed E-state index contributed by atoms with van der Waals surface area (Å²) in [6, 6.07) is 12.5. The van der Waals surface area contributed by atoms with Crippen molar-refractivity contribution in [2.75, 3.05) is 6.61 Å². The van der Waals surface area contributed by atoms with Crippen LogP contribution in [0.25, 0.3) is 11.0 Å². The number of ether oxygens (including phenoxy) is 1. The van der Waals surface area contributed by atoms with Crippen LogP contribution in [0.4, 0.5) is 0 Å². The van der Waals surface area contributed by atoms with Gasteiger partial charge in [0.15, 0.2) is 0 Å². The number of fused-ring (bicyclic) bond motifs is 1. The van der Waals surface area contributed by atoms with Gasteiger partial charge in [-0.05, 0) is 42.8 Å². The molecule has 0 aliphatic carbocycles. The zero-order valence-corrected chi connectivity index (χ0v) is 16.0. The van der Waals surface area contributed by atoms with E-state index < -0.39 is 0 Å². The first kappa shape index (κ1) is 19.6. The van der Waals surface area contributed by atoms with Gasteiger partial charge in [-0.25, -0.2) is 10.4 Å². The average Bonchev–Trinajstić information content (AvgIpc) is 2.68. The molecule has 1 aromatic heterocycles. The molecule has 0 aliphatic rings. The third-order valence-electron chi connectivity index (χ3n) is 3.92. The number of hydrogen-bond acceptors (Lipinski definition) is 5. The molecular weight excluding hydrogens is 380 g/mol. The summed E-state index contributed by atoms with van der Waals surface area (Å²) in [4.78, 5) is 31.1. The maximum Gasteiger partial charge on any atom is 0.270 e. The minimum absolute atomic E-state index is 0.0930. The van der Waals surface area contributed by atoms with Gasteiger partial charge >= 0.3 is 0 Å². The maximum atomic E-state index is 12.0. The molecular formula is C20H19ClN4O3. The van der Waals surface area contributed by atoms with Gasteiger partial charge in [-0.2, -0.15) is 5.10 Å². The molecule has 0 radical (unpaired) electrons. The van der Waals surface area contributed by atoms with Crippen molar-refractivity contribution in [2.45, 2.75) is 19.8 Å². The normalized spacial score (nSPS) is 11.1. The standard InChI is InChI=1S/C20H19ClN4O3/c1-2-28-18-9-7-13(11-14(18)21)12-22-25-19(26)10-8-17-20(27)24-16-6-4-3-5-15(16)23-17/h3-7,9,11-12H,2,8,10H2,1H3,(H,24,27)(H,25,26)/b22-12-. The van der Waals surface area contributed by atoms with Crippen LogP contribution in [0, 0.1) is 0 Å². The number of amides is 1. The molecule has 1 heterocycles. The third-order valence-corrected chi connectivity index (χ3v) is 4.21. The number of aromatic nitrogens is 2. The maximum absolute atomic E-state index is 12.0. The number of rotatable bonds is 7. The summed E-state index contributed by atoms with van der Waals surface area (Å²) in [5.74, 6) is 0.279. The van der Waals surface area contributed by atoms with Crippen LogP contribution in [0.2, 0.25) is 5.02 Å². The molecule has 0 saturated carbocycles. The topological polar surface area (TPSA) is 96.4 Å². The number of carbonyl (C=O) groups is 1. The molecule has 0 fully saturated rings. The van der Waals surface area contributed by atoms with Crippen LogP contribution in [0.15, 0.2) is 52.4 Å².